The van der Waals surface area contributed by atoms with Crippen LogP contribution in [0.1, 0.15) is 40.0 Å². The van der Waals surface area contributed by atoms with Gasteiger partial charge in [-0.25, -0.2) is 10.8 Å². The molecule has 5 rings (SSSR count). The maximum atomic E-state index is 12.3. The Morgan fingerprint density at radius 2 is 1.86 bits per heavy atom. The van der Waals surface area contributed by atoms with Crippen molar-refractivity contribution in [2.45, 2.75) is 25.4 Å². The van der Waals surface area contributed by atoms with Crippen LogP contribution in [0.4, 0.5) is 0 Å². The van der Waals surface area contributed by atoms with Crippen molar-refractivity contribution in [2.75, 3.05) is 6.54 Å². The number of pyridine rings is 3. The molecule has 37 heavy (non-hydrogen) atoms. The molecule has 0 saturated carbocycles. The monoisotopic (exact) mass is 492 g/mol. The molecule has 4 heterocycles. The lowest BCUT2D eigenvalue weighted by molar-refractivity contribution is -0.142. The number of carbonyl (C=O) groups is 2. The molecule has 1 fully saturated rings. The van der Waals surface area contributed by atoms with Gasteiger partial charge in [-0.3, -0.25) is 29.9 Å². The van der Waals surface area contributed by atoms with E-state index in [1.54, 1.807) is 30.7 Å². The minimum Gasteiger partial charge on any atom is -0.480 e. The third-order valence-electron chi connectivity index (χ3n) is 6.36. The molecule has 9 nitrogen and oxygen atoms in total. The van der Waals surface area contributed by atoms with Crippen LogP contribution in [0.15, 0.2) is 67.1 Å². The molecule has 1 saturated heterocycles. The van der Waals surface area contributed by atoms with Gasteiger partial charge in [0.25, 0.3) is 5.91 Å². The summed E-state index contributed by atoms with van der Waals surface area (Å²) in [4.78, 5) is 38.8. The Hall–Kier alpha value is -4.65. The molecule has 0 aliphatic carbocycles. The van der Waals surface area contributed by atoms with Crippen LogP contribution in [0.25, 0.3) is 22.2 Å². The molecule has 4 N–H and O–H groups in total. The molecule has 1 unspecified atom stereocenters. The van der Waals surface area contributed by atoms with Crippen molar-refractivity contribution in [3.8, 4) is 23.1 Å². The fourth-order valence-electron chi connectivity index (χ4n) is 4.45. The molecule has 1 aromatic carbocycles. The molecule has 1 aliphatic heterocycles. The van der Waals surface area contributed by atoms with Crippen LogP contribution < -0.4 is 11.3 Å². The standard InChI is InChI=1S/C28H24N6O3/c29-33-27(35)22-14-25(32-24-11-12-30-16-23(22)24)20-8-5-18(6-9-20)3-4-19-7-10-21(31-15-19)17-34-13-1-2-26(34)28(36)37/h5-12,14-16,26H,1-2,13,17,29H2,(H,33,35)(H,36,37). The van der Waals surface area contributed by atoms with E-state index in [4.69, 9.17) is 5.84 Å². The van der Waals surface area contributed by atoms with Crippen LogP contribution in [0, 0.1) is 11.8 Å². The molecule has 1 amide bonds. The number of nitrogens with two attached hydrogens (primary N) is 1. The number of nitrogen functional groups attached to an aromatic ring is 1. The Labute approximate surface area is 213 Å². The quantitative estimate of drug-likeness (QED) is 0.168. The average Bonchev–Trinajstić information content (AvgIpc) is 3.40. The summed E-state index contributed by atoms with van der Waals surface area (Å²) in [5, 5.41) is 9.97. The first kappa shape index (κ1) is 24.1. The number of aliphatic carboxylic acids is 1. The van der Waals surface area contributed by atoms with Gasteiger partial charge in [-0.2, -0.15) is 0 Å². The molecule has 0 spiro atoms. The van der Waals surface area contributed by atoms with E-state index in [1.165, 1.54) is 0 Å². The molecule has 0 radical (unpaired) electrons. The summed E-state index contributed by atoms with van der Waals surface area (Å²) in [6.07, 6.45) is 6.49. The van der Waals surface area contributed by atoms with Gasteiger partial charge in [-0.15, -0.1) is 0 Å². The van der Waals surface area contributed by atoms with Crippen LogP contribution in [-0.2, 0) is 11.3 Å². The van der Waals surface area contributed by atoms with Crippen molar-refractivity contribution in [2.24, 2.45) is 5.84 Å². The number of carboxylic acid groups (broad SMARTS) is 1. The van der Waals surface area contributed by atoms with Gasteiger partial charge in [0.15, 0.2) is 0 Å². The number of carboxylic acids is 1. The Bertz CT molecular complexity index is 1520. The van der Waals surface area contributed by atoms with Crippen molar-refractivity contribution in [1.82, 2.24) is 25.3 Å². The van der Waals surface area contributed by atoms with Crippen molar-refractivity contribution < 1.29 is 14.7 Å². The summed E-state index contributed by atoms with van der Waals surface area (Å²) in [5.41, 5.74) is 7.11. The zero-order chi connectivity index (χ0) is 25.8. The molecule has 1 aliphatic rings. The van der Waals surface area contributed by atoms with Gasteiger partial charge in [-0.1, -0.05) is 24.0 Å². The Balaban J connectivity index is 1.31. The minimum atomic E-state index is -0.777. The van der Waals surface area contributed by atoms with Crippen LogP contribution in [0.2, 0.25) is 0 Å². The van der Waals surface area contributed by atoms with Crippen molar-refractivity contribution in [3.63, 3.8) is 0 Å². The number of hydrogen-bond acceptors (Lipinski definition) is 7. The van der Waals surface area contributed by atoms with E-state index < -0.39 is 17.9 Å². The van der Waals surface area contributed by atoms with Crippen molar-refractivity contribution in [1.29, 1.82) is 0 Å². The molecular formula is C28H24N6O3. The van der Waals surface area contributed by atoms with Crippen molar-refractivity contribution in [3.05, 3.63) is 89.5 Å². The number of nitrogens with one attached hydrogen (secondary N) is 1. The summed E-state index contributed by atoms with van der Waals surface area (Å²) in [6.45, 7) is 1.28. The number of fused-ring (bicyclic) bond motifs is 1. The Kier molecular flexibility index (Phi) is 6.85. The summed E-state index contributed by atoms with van der Waals surface area (Å²) >= 11 is 0. The highest BCUT2D eigenvalue weighted by Crippen LogP contribution is 2.25. The maximum Gasteiger partial charge on any atom is 0.320 e. The van der Waals surface area contributed by atoms with Gasteiger partial charge in [-0.05, 0) is 55.8 Å². The van der Waals surface area contributed by atoms with Crippen LogP contribution in [0.5, 0.6) is 0 Å². The van der Waals surface area contributed by atoms with E-state index >= 15 is 0 Å². The predicted octanol–water partition coefficient (Wildman–Crippen LogP) is 2.74. The fourth-order valence-corrected chi connectivity index (χ4v) is 4.45. The number of aromatic nitrogens is 3. The topological polar surface area (TPSA) is 134 Å². The van der Waals surface area contributed by atoms with Gasteiger partial charge in [0.1, 0.15) is 6.04 Å². The number of hydrogen-bond donors (Lipinski definition) is 3. The minimum absolute atomic E-state index is 0.402. The summed E-state index contributed by atoms with van der Waals surface area (Å²) in [5.74, 6) is 10.4. The molecule has 3 aromatic heterocycles. The van der Waals surface area contributed by atoms with Crippen LogP contribution in [-0.4, -0.2) is 49.4 Å². The number of benzene rings is 1. The first-order chi connectivity index (χ1) is 18.0. The van der Waals surface area contributed by atoms with Gasteiger partial charge >= 0.3 is 5.97 Å². The molecule has 0 bridgehead atoms. The average molecular weight is 493 g/mol. The molecular weight excluding hydrogens is 468 g/mol. The Morgan fingerprint density at radius 3 is 2.59 bits per heavy atom. The van der Waals surface area contributed by atoms with Crippen LogP contribution in [0.3, 0.4) is 0 Å². The summed E-state index contributed by atoms with van der Waals surface area (Å²) in [7, 11) is 0. The van der Waals surface area contributed by atoms with Gasteiger partial charge in [0, 0.05) is 47.2 Å². The maximum absolute atomic E-state index is 12.3. The Morgan fingerprint density at radius 1 is 1.08 bits per heavy atom. The van der Waals surface area contributed by atoms with E-state index in [0.29, 0.717) is 35.1 Å². The summed E-state index contributed by atoms with van der Waals surface area (Å²) in [6, 6.07) is 14.4. The van der Waals surface area contributed by atoms with E-state index in [-0.39, 0.29) is 0 Å². The van der Waals surface area contributed by atoms with E-state index in [2.05, 4.69) is 32.2 Å². The molecule has 184 valence electrons. The number of likely N-dealkylation sites (tertiary alicyclic amines) is 1. The number of nitrogens with zero attached hydrogens (tertiary/aromatic N) is 4. The number of amides is 1. The van der Waals surface area contributed by atoms with Crippen LogP contribution >= 0.6 is 0 Å². The SMILES string of the molecule is NNC(=O)c1cc(-c2ccc(C#Cc3ccc(CN4CCCC4C(=O)O)nc3)cc2)nc2ccncc12. The number of hydrazine groups is 1. The fraction of sp³-hybridized carbons (Fsp3) is 0.179. The van der Waals surface area contributed by atoms with E-state index in [9.17, 15) is 14.7 Å². The van der Waals surface area contributed by atoms with E-state index in [0.717, 1.165) is 35.3 Å². The predicted molar refractivity (Wildman–Crippen MR) is 138 cm³/mol. The zero-order valence-corrected chi connectivity index (χ0v) is 19.9. The molecule has 1 atom stereocenters. The number of rotatable bonds is 5. The first-order valence-corrected chi connectivity index (χ1v) is 11.8. The third kappa shape index (κ3) is 5.30. The number of carbonyl (C=O) groups excluding carboxylic acids is 1. The van der Waals surface area contributed by atoms with Gasteiger partial charge < -0.3 is 5.11 Å². The highest BCUT2D eigenvalue weighted by atomic mass is 16.4. The normalized spacial score (nSPS) is 15.2. The lowest BCUT2D eigenvalue weighted by atomic mass is 10.0. The van der Waals surface area contributed by atoms with Gasteiger partial charge in [0.05, 0.1) is 22.5 Å². The lowest BCUT2D eigenvalue weighted by Gasteiger charge is -2.20. The second-order valence-corrected chi connectivity index (χ2v) is 8.75. The largest absolute Gasteiger partial charge is 0.480 e. The second kappa shape index (κ2) is 10.5. The molecule has 4 aromatic rings. The smallest absolute Gasteiger partial charge is 0.320 e. The van der Waals surface area contributed by atoms with Gasteiger partial charge in [0.2, 0.25) is 0 Å². The zero-order valence-electron chi connectivity index (χ0n) is 19.9. The highest BCUT2D eigenvalue weighted by molar-refractivity contribution is 6.06. The highest BCUT2D eigenvalue weighted by Gasteiger charge is 2.30. The lowest BCUT2D eigenvalue weighted by Crippen LogP contribution is -2.35. The van der Waals surface area contributed by atoms with Crippen molar-refractivity contribution >= 4 is 22.8 Å². The second-order valence-electron chi connectivity index (χ2n) is 8.75. The third-order valence-corrected chi connectivity index (χ3v) is 6.36. The molecule has 9 heteroatoms. The van der Waals surface area contributed by atoms with E-state index in [1.807, 2.05) is 41.3 Å². The first-order valence-electron chi connectivity index (χ1n) is 11.8. The summed E-state index contributed by atoms with van der Waals surface area (Å²) < 4.78 is 0.